The van der Waals surface area contributed by atoms with Crippen molar-refractivity contribution in [3.63, 3.8) is 0 Å². The lowest BCUT2D eigenvalue weighted by molar-refractivity contribution is -0.133. The molecule has 1 N–H and O–H groups in total. The Hall–Kier alpha value is -3.40. The second-order valence-electron chi connectivity index (χ2n) is 8.65. The molecular weight excluding hydrogens is 370 g/mol. The molecule has 0 radical (unpaired) electrons. The molecule has 0 unspecified atom stereocenters. The molecule has 3 aromatic carbocycles. The predicted molar refractivity (Wildman–Crippen MR) is 120 cm³/mol. The van der Waals surface area contributed by atoms with Gasteiger partial charge >= 0.3 is 0 Å². The molecule has 1 fully saturated rings. The molecule has 4 rings (SSSR count). The maximum Gasteiger partial charge on any atom is 0.264 e. The van der Waals surface area contributed by atoms with Crippen molar-refractivity contribution in [2.75, 3.05) is 0 Å². The van der Waals surface area contributed by atoms with Gasteiger partial charge in [0, 0.05) is 5.54 Å². The first kappa shape index (κ1) is 19.9. The van der Waals surface area contributed by atoms with E-state index in [-0.39, 0.29) is 11.9 Å². The molecule has 3 aromatic rings. The van der Waals surface area contributed by atoms with Gasteiger partial charge in [-0.2, -0.15) is 0 Å². The molecule has 4 heteroatoms. The zero-order valence-corrected chi connectivity index (χ0v) is 17.7. The van der Waals surface area contributed by atoms with Crippen LogP contribution in [0.4, 0.5) is 0 Å². The monoisotopic (exact) mass is 397 g/mol. The molecule has 30 heavy (non-hydrogen) atoms. The van der Waals surface area contributed by atoms with Crippen LogP contribution in [0.25, 0.3) is 0 Å². The van der Waals surface area contributed by atoms with Crippen molar-refractivity contribution >= 4 is 11.9 Å². The van der Waals surface area contributed by atoms with Crippen molar-refractivity contribution in [2.45, 2.75) is 38.4 Å². The van der Waals surface area contributed by atoms with Crippen LogP contribution in [-0.2, 0) is 16.9 Å². The number of hydrogen-bond donors (Lipinski definition) is 1. The van der Waals surface area contributed by atoms with Crippen molar-refractivity contribution in [2.24, 2.45) is 0 Å². The second kappa shape index (κ2) is 7.45. The minimum absolute atomic E-state index is 0.0938. The highest BCUT2D eigenvalue weighted by molar-refractivity contribution is 6.10. The normalized spacial score (nSPS) is 16.2. The van der Waals surface area contributed by atoms with Crippen molar-refractivity contribution in [3.05, 3.63) is 108 Å². The van der Waals surface area contributed by atoms with Crippen molar-refractivity contribution < 1.29 is 4.79 Å². The van der Waals surface area contributed by atoms with Gasteiger partial charge in [-0.1, -0.05) is 91.0 Å². The summed E-state index contributed by atoms with van der Waals surface area (Å²) in [5.74, 6) is 0.132. The number of carbonyl (C=O) groups excluding carboxylic acids is 1. The van der Waals surface area contributed by atoms with Gasteiger partial charge in [0.2, 0.25) is 5.96 Å². The summed E-state index contributed by atoms with van der Waals surface area (Å²) in [6, 6.07) is 29.6. The lowest BCUT2D eigenvalue weighted by Gasteiger charge is -2.45. The number of guanidine groups is 1. The highest BCUT2D eigenvalue weighted by Gasteiger charge is 2.60. The van der Waals surface area contributed by atoms with Crippen LogP contribution in [0.1, 0.15) is 37.5 Å². The minimum atomic E-state index is -1.09. The third-order valence-electron chi connectivity index (χ3n) is 5.60. The summed E-state index contributed by atoms with van der Waals surface area (Å²) in [6.45, 7) is 6.54. The van der Waals surface area contributed by atoms with Crippen LogP contribution in [0, 0.1) is 5.41 Å². The number of benzene rings is 3. The molecule has 0 spiro atoms. The van der Waals surface area contributed by atoms with E-state index in [9.17, 15) is 4.79 Å². The van der Waals surface area contributed by atoms with E-state index in [1.807, 2.05) is 95.9 Å². The maximum absolute atomic E-state index is 14.2. The summed E-state index contributed by atoms with van der Waals surface area (Å²) >= 11 is 0. The molecule has 0 aliphatic carbocycles. The first-order valence-corrected chi connectivity index (χ1v) is 10.2. The molecule has 0 saturated carbocycles. The first-order chi connectivity index (χ1) is 14.4. The smallest absolute Gasteiger partial charge is 0.264 e. The van der Waals surface area contributed by atoms with Gasteiger partial charge in [-0.05, 0) is 37.5 Å². The van der Waals surface area contributed by atoms with Gasteiger partial charge < -0.3 is 4.90 Å². The summed E-state index contributed by atoms with van der Waals surface area (Å²) in [6.07, 6.45) is 0. The van der Waals surface area contributed by atoms with E-state index in [1.165, 1.54) is 0 Å². The summed E-state index contributed by atoms with van der Waals surface area (Å²) < 4.78 is 0. The van der Waals surface area contributed by atoms with Gasteiger partial charge in [-0.25, -0.2) is 0 Å². The SMILES string of the molecule is CC(C)(C)N1C(=N)N(Cc2ccccc2)C(=O)C1(c1ccccc1)c1ccccc1. The molecule has 1 amide bonds. The molecule has 1 aliphatic rings. The van der Waals surface area contributed by atoms with E-state index in [1.54, 1.807) is 4.90 Å². The van der Waals surface area contributed by atoms with Gasteiger partial charge in [0.15, 0.2) is 5.54 Å². The average Bonchev–Trinajstić information content (AvgIpc) is 2.98. The summed E-state index contributed by atoms with van der Waals surface area (Å²) in [5.41, 5.74) is 1.20. The Kier molecular flexibility index (Phi) is 4.94. The number of nitrogens with zero attached hydrogens (tertiary/aromatic N) is 2. The van der Waals surface area contributed by atoms with Crippen LogP contribution < -0.4 is 0 Å². The van der Waals surface area contributed by atoms with Crippen LogP contribution in [0.3, 0.4) is 0 Å². The van der Waals surface area contributed by atoms with Gasteiger partial charge in [0.1, 0.15) is 0 Å². The van der Waals surface area contributed by atoms with Crippen molar-refractivity contribution in [1.29, 1.82) is 5.41 Å². The Morgan fingerprint density at radius 3 is 1.63 bits per heavy atom. The van der Waals surface area contributed by atoms with Gasteiger partial charge in [0.05, 0.1) is 6.54 Å². The van der Waals surface area contributed by atoms with E-state index >= 15 is 0 Å². The lowest BCUT2D eigenvalue weighted by Crippen LogP contribution is -2.56. The number of carbonyl (C=O) groups is 1. The standard InChI is InChI=1S/C26H27N3O/c1-25(2,3)29-24(27)28(19-20-13-7-4-8-14-20)23(30)26(29,21-15-9-5-10-16-21)22-17-11-6-12-18-22/h4-18,27H,19H2,1-3H3. The van der Waals surface area contributed by atoms with Crippen LogP contribution in [-0.4, -0.2) is 27.2 Å². The van der Waals surface area contributed by atoms with Crippen LogP contribution in [0.5, 0.6) is 0 Å². The number of amides is 1. The molecule has 1 heterocycles. The third kappa shape index (κ3) is 3.09. The largest absolute Gasteiger partial charge is 0.315 e. The minimum Gasteiger partial charge on any atom is -0.315 e. The topological polar surface area (TPSA) is 47.4 Å². The molecule has 0 bridgehead atoms. The van der Waals surface area contributed by atoms with E-state index in [0.717, 1.165) is 16.7 Å². The second-order valence-corrected chi connectivity index (χ2v) is 8.65. The predicted octanol–water partition coefficient (Wildman–Crippen LogP) is 5.01. The Labute approximate surface area is 178 Å². The fraction of sp³-hybridized carbons (Fsp3) is 0.231. The number of hydrogen-bond acceptors (Lipinski definition) is 2. The number of nitrogens with one attached hydrogen (secondary N) is 1. The summed E-state index contributed by atoms with van der Waals surface area (Å²) in [5, 5.41) is 9.08. The fourth-order valence-electron chi connectivity index (χ4n) is 4.43. The third-order valence-corrected chi connectivity index (χ3v) is 5.60. The molecule has 0 aromatic heterocycles. The van der Waals surface area contributed by atoms with Crippen LogP contribution in [0.15, 0.2) is 91.0 Å². The van der Waals surface area contributed by atoms with Crippen molar-refractivity contribution in [3.8, 4) is 0 Å². The Morgan fingerprint density at radius 2 is 1.20 bits per heavy atom. The number of rotatable bonds is 4. The molecule has 1 saturated heterocycles. The van der Waals surface area contributed by atoms with Gasteiger partial charge in [-0.3, -0.25) is 15.1 Å². The molecule has 152 valence electrons. The molecule has 1 aliphatic heterocycles. The first-order valence-electron chi connectivity index (χ1n) is 10.2. The molecule has 0 atom stereocenters. The highest BCUT2D eigenvalue weighted by atomic mass is 16.2. The lowest BCUT2D eigenvalue weighted by atomic mass is 9.79. The van der Waals surface area contributed by atoms with Crippen LogP contribution in [0.2, 0.25) is 0 Å². The van der Waals surface area contributed by atoms with E-state index in [0.29, 0.717) is 6.54 Å². The maximum atomic E-state index is 14.2. The van der Waals surface area contributed by atoms with Crippen LogP contribution >= 0.6 is 0 Å². The van der Waals surface area contributed by atoms with Gasteiger partial charge in [0.25, 0.3) is 5.91 Å². The van der Waals surface area contributed by atoms with Crippen molar-refractivity contribution in [1.82, 2.24) is 9.80 Å². The van der Waals surface area contributed by atoms with E-state index in [2.05, 4.69) is 20.8 Å². The Bertz CT molecular complexity index is 1000. The Balaban J connectivity index is 1.96. The zero-order chi connectivity index (χ0) is 21.4. The van der Waals surface area contributed by atoms with E-state index < -0.39 is 11.1 Å². The van der Waals surface area contributed by atoms with E-state index in [4.69, 9.17) is 5.41 Å². The average molecular weight is 398 g/mol. The quantitative estimate of drug-likeness (QED) is 0.673. The Morgan fingerprint density at radius 1 is 0.767 bits per heavy atom. The summed E-state index contributed by atoms with van der Waals surface area (Å²) in [4.78, 5) is 17.8. The summed E-state index contributed by atoms with van der Waals surface area (Å²) in [7, 11) is 0. The molecule has 4 nitrogen and oxygen atoms in total. The molecular formula is C26H27N3O. The highest BCUT2D eigenvalue weighted by Crippen LogP contribution is 2.46. The fourth-order valence-corrected chi connectivity index (χ4v) is 4.43. The zero-order valence-electron chi connectivity index (χ0n) is 17.7. The van der Waals surface area contributed by atoms with Gasteiger partial charge in [-0.15, -0.1) is 0 Å².